The molecule has 0 aliphatic carbocycles. The average Bonchev–Trinajstić information content (AvgIpc) is 2.55. The lowest BCUT2D eigenvalue weighted by Crippen LogP contribution is -2.30. The van der Waals surface area contributed by atoms with E-state index in [0.29, 0.717) is 13.2 Å². The Hall–Kier alpha value is -2.03. The summed E-state index contributed by atoms with van der Waals surface area (Å²) < 4.78 is 11.2. The smallest absolute Gasteiger partial charge is 0.192 e. The van der Waals surface area contributed by atoms with E-state index >= 15 is 0 Å². The van der Waals surface area contributed by atoms with Gasteiger partial charge in [0.25, 0.3) is 0 Å². The highest BCUT2D eigenvalue weighted by Crippen LogP contribution is 2.33. The Kier molecular flexibility index (Phi) is 5.61. The lowest BCUT2D eigenvalue weighted by molar-refractivity contribution is 0.171. The molecule has 3 nitrogen and oxygen atoms in total. The van der Waals surface area contributed by atoms with Crippen LogP contribution in [0.3, 0.4) is 0 Å². The highest BCUT2D eigenvalue weighted by molar-refractivity contribution is 6.91. The third kappa shape index (κ3) is 3.97. The van der Waals surface area contributed by atoms with Crippen LogP contribution in [0.25, 0.3) is 0 Å². The first-order valence-electron chi connectivity index (χ1n) is 7.37. The maximum Gasteiger partial charge on any atom is 0.192 e. The van der Waals surface area contributed by atoms with Gasteiger partial charge in [0, 0.05) is 18.3 Å². The van der Waals surface area contributed by atoms with Crippen molar-refractivity contribution in [1.82, 2.24) is 0 Å². The van der Waals surface area contributed by atoms with Gasteiger partial charge in [-0.25, -0.2) is 0 Å². The van der Waals surface area contributed by atoms with E-state index in [1.165, 1.54) is 5.57 Å². The molecule has 2 rings (SSSR count). The number of nitrogens with zero attached hydrogens (tertiary/aromatic N) is 1. The number of benzene rings is 1. The maximum absolute atomic E-state index is 5.66. The predicted octanol–water partition coefficient (Wildman–Crippen LogP) is 1.85. The molecule has 1 heterocycles. The molecule has 0 amide bonds. The van der Waals surface area contributed by atoms with Crippen molar-refractivity contribution in [1.29, 1.82) is 0 Å². The van der Waals surface area contributed by atoms with Crippen molar-refractivity contribution in [3.63, 3.8) is 0 Å². The van der Waals surface area contributed by atoms with Crippen molar-refractivity contribution < 1.29 is 9.47 Å². The highest BCUT2D eigenvalue weighted by Gasteiger charge is 2.14. The normalized spacial score (nSPS) is 14.0. The van der Waals surface area contributed by atoms with E-state index in [4.69, 9.17) is 9.47 Å². The Morgan fingerprint density at radius 2 is 2.14 bits per heavy atom. The molecule has 0 bridgehead atoms. The highest BCUT2D eigenvalue weighted by atomic mass is 16.6. The van der Waals surface area contributed by atoms with E-state index in [-0.39, 0.29) is 0 Å². The summed E-state index contributed by atoms with van der Waals surface area (Å²) in [5, 5.41) is 0. The molecule has 0 saturated heterocycles. The molecule has 0 fully saturated rings. The second-order valence-electron chi connectivity index (χ2n) is 4.80. The fraction of sp³-hybridized carbons (Fsp3) is 0.250. The molecular formula is C16H21B2NO2. The number of fused-ring (bicyclic) bond motifs is 1. The van der Waals surface area contributed by atoms with Crippen molar-refractivity contribution in [2.45, 2.75) is 6.92 Å². The molecule has 0 aromatic heterocycles. The zero-order chi connectivity index (χ0) is 15.1. The Bertz CT molecular complexity index is 555. The Morgan fingerprint density at radius 3 is 2.81 bits per heavy atom. The van der Waals surface area contributed by atoms with E-state index in [0.717, 1.165) is 31.0 Å². The molecule has 0 spiro atoms. The first kappa shape index (κ1) is 15.4. The quantitative estimate of drug-likeness (QED) is 0.586. The van der Waals surface area contributed by atoms with Crippen molar-refractivity contribution in [2.24, 2.45) is 0 Å². The van der Waals surface area contributed by atoms with Gasteiger partial charge in [-0.3, -0.25) is 0 Å². The minimum Gasteiger partial charge on any atom is -0.486 e. The van der Waals surface area contributed by atoms with Crippen LogP contribution in [0, 0.1) is 0 Å². The number of ether oxygens (including phenoxy) is 2. The summed E-state index contributed by atoms with van der Waals surface area (Å²) in [4.78, 5) is 2.31. The molecule has 0 atom stereocenters. The SMILES string of the molecule is BBN(CC(/C=C\C=C)=C/C)c1ccc2c(c1)OCCO2. The third-order valence-electron chi connectivity index (χ3n) is 3.46. The van der Waals surface area contributed by atoms with Crippen molar-refractivity contribution in [3.05, 3.63) is 54.7 Å². The van der Waals surface area contributed by atoms with Gasteiger partial charge < -0.3 is 14.3 Å². The zero-order valence-corrected chi connectivity index (χ0v) is 12.8. The van der Waals surface area contributed by atoms with Gasteiger partial charge in [-0.15, -0.1) is 0 Å². The molecule has 0 unspecified atom stereocenters. The van der Waals surface area contributed by atoms with Crippen LogP contribution in [-0.4, -0.2) is 34.8 Å². The molecule has 5 heteroatoms. The molecule has 108 valence electrons. The molecular weight excluding hydrogens is 260 g/mol. The van der Waals surface area contributed by atoms with Crippen molar-refractivity contribution in [3.8, 4) is 11.5 Å². The summed E-state index contributed by atoms with van der Waals surface area (Å²) in [6, 6.07) is 6.13. The number of anilines is 1. The van der Waals surface area contributed by atoms with Crippen LogP contribution in [-0.2, 0) is 0 Å². The fourth-order valence-electron chi connectivity index (χ4n) is 2.27. The predicted molar refractivity (Wildman–Crippen MR) is 93.6 cm³/mol. The molecule has 1 aromatic carbocycles. The number of allylic oxidation sites excluding steroid dienone is 3. The van der Waals surface area contributed by atoms with E-state index < -0.39 is 0 Å². The third-order valence-corrected chi connectivity index (χ3v) is 3.46. The fourth-order valence-corrected chi connectivity index (χ4v) is 2.27. The van der Waals surface area contributed by atoms with Gasteiger partial charge in [0.05, 0.1) is 7.74 Å². The second kappa shape index (κ2) is 7.67. The Morgan fingerprint density at radius 1 is 1.38 bits per heavy atom. The molecule has 1 aliphatic rings. The van der Waals surface area contributed by atoms with Gasteiger partial charge in [0.1, 0.15) is 13.2 Å². The van der Waals surface area contributed by atoms with E-state index in [1.54, 1.807) is 6.08 Å². The monoisotopic (exact) mass is 281 g/mol. The largest absolute Gasteiger partial charge is 0.486 e. The van der Waals surface area contributed by atoms with E-state index in [9.17, 15) is 0 Å². The van der Waals surface area contributed by atoms with Gasteiger partial charge >= 0.3 is 0 Å². The molecule has 0 N–H and O–H groups in total. The number of hydrogen-bond donors (Lipinski definition) is 0. The lowest BCUT2D eigenvalue weighted by atomic mass is 9.64. The Labute approximate surface area is 128 Å². The first-order chi connectivity index (χ1) is 10.3. The zero-order valence-electron chi connectivity index (χ0n) is 12.8. The molecule has 21 heavy (non-hydrogen) atoms. The van der Waals surface area contributed by atoms with Crippen LogP contribution >= 0.6 is 0 Å². The summed E-state index contributed by atoms with van der Waals surface area (Å²) in [7, 11) is 3.08. The van der Waals surface area contributed by atoms with Gasteiger partial charge in [0.2, 0.25) is 0 Å². The Balaban J connectivity index is 2.17. The molecule has 0 radical (unpaired) electrons. The summed E-state index contributed by atoms with van der Waals surface area (Å²) in [5.74, 6) is 1.67. The standard InChI is InChI=1S/C16H21B2NO2/c1-3-5-6-13(4-2)12-19(18-17)14-7-8-15-16(11-14)21-10-9-20-15/h3-8,11,18H,1,9-10,12,17H2,2H3/b6-5-,13-4+. The van der Waals surface area contributed by atoms with Crippen LogP contribution in [0.15, 0.2) is 54.7 Å². The van der Waals surface area contributed by atoms with Crippen LogP contribution < -0.4 is 14.3 Å². The van der Waals surface area contributed by atoms with Gasteiger partial charge in [-0.05, 0) is 24.6 Å². The van der Waals surface area contributed by atoms with Crippen molar-refractivity contribution in [2.75, 3.05) is 24.6 Å². The molecule has 1 aromatic rings. The second-order valence-corrected chi connectivity index (χ2v) is 4.80. The van der Waals surface area contributed by atoms with Gasteiger partial charge in [-0.1, -0.05) is 30.9 Å². The van der Waals surface area contributed by atoms with Crippen LogP contribution in [0.4, 0.5) is 5.69 Å². The average molecular weight is 281 g/mol. The minimum absolute atomic E-state index is 0.616. The summed E-state index contributed by atoms with van der Waals surface area (Å²) >= 11 is 0. The van der Waals surface area contributed by atoms with E-state index in [2.05, 4.69) is 50.3 Å². The number of rotatable bonds is 6. The first-order valence-corrected chi connectivity index (χ1v) is 7.37. The van der Waals surface area contributed by atoms with Gasteiger partial charge in [-0.2, -0.15) is 0 Å². The lowest BCUT2D eigenvalue weighted by Gasteiger charge is -2.26. The number of hydrogen-bond acceptors (Lipinski definition) is 3. The van der Waals surface area contributed by atoms with Crippen LogP contribution in [0.1, 0.15) is 6.92 Å². The summed E-state index contributed by atoms with van der Waals surface area (Å²) in [6.45, 7) is 7.87. The maximum atomic E-state index is 5.66. The van der Waals surface area contributed by atoms with Crippen LogP contribution in [0.2, 0.25) is 0 Å². The topological polar surface area (TPSA) is 21.7 Å². The molecule has 1 aliphatic heterocycles. The van der Waals surface area contributed by atoms with E-state index in [1.807, 2.05) is 12.1 Å². The molecule has 0 saturated carbocycles. The summed E-state index contributed by atoms with van der Waals surface area (Å²) in [6.07, 6.45) is 7.98. The van der Waals surface area contributed by atoms with Crippen molar-refractivity contribution >= 4 is 20.7 Å². The van der Waals surface area contributed by atoms with Gasteiger partial charge in [0.15, 0.2) is 18.8 Å². The summed E-state index contributed by atoms with van der Waals surface area (Å²) in [5.41, 5.74) is 2.40. The van der Waals surface area contributed by atoms with Crippen LogP contribution in [0.5, 0.6) is 11.5 Å². The minimum atomic E-state index is 0.616.